The molecule has 5 nitrogen and oxygen atoms in total. The molecule has 3 heterocycles. The highest BCUT2D eigenvalue weighted by Gasteiger charge is 2.39. The summed E-state index contributed by atoms with van der Waals surface area (Å²) in [5.41, 5.74) is 2.36. The van der Waals surface area contributed by atoms with Gasteiger partial charge in [0, 0.05) is 37.4 Å². The van der Waals surface area contributed by atoms with Crippen molar-refractivity contribution in [3.8, 4) is 17.4 Å². The molecule has 3 aromatic rings. The number of rotatable bonds is 8. The monoisotopic (exact) mass is 429 g/mol. The molecule has 166 valence electrons. The molecule has 0 radical (unpaired) electrons. The molecule has 2 bridgehead atoms. The smallest absolute Gasteiger partial charge is 0.219 e. The third-order valence-electron chi connectivity index (χ3n) is 6.68. The molecule has 2 atom stereocenters. The fraction of sp³-hybridized carbons (Fsp3) is 0.370. The molecule has 2 aliphatic heterocycles. The Morgan fingerprint density at radius 1 is 0.875 bits per heavy atom. The summed E-state index contributed by atoms with van der Waals surface area (Å²) in [7, 11) is 2.27. The van der Waals surface area contributed by atoms with Crippen molar-refractivity contribution in [2.24, 2.45) is 0 Å². The van der Waals surface area contributed by atoms with E-state index in [0.29, 0.717) is 24.1 Å². The van der Waals surface area contributed by atoms with Gasteiger partial charge in [0.25, 0.3) is 0 Å². The van der Waals surface area contributed by atoms with Gasteiger partial charge in [-0.3, -0.25) is 0 Å². The van der Waals surface area contributed by atoms with Crippen molar-refractivity contribution in [3.05, 3.63) is 84.1 Å². The lowest BCUT2D eigenvalue weighted by Gasteiger charge is -2.36. The van der Waals surface area contributed by atoms with Crippen molar-refractivity contribution in [3.63, 3.8) is 0 Å². The maximum atomic E-state index is 6.37. The zero-order valence-corrected chi connectivity index (χ0v) is 18.6. The number of benzene rings is 2. The lowest BCUT2D eigenvalue weighted by Crippen LogP contribution is -2.43. The zero-order valence-electron chi connectivity index (χ0n) is 18.6. The predicted molar refractivity (Wildman–Crippen MR) is 126 cm³/mol. The summed E-state index contributed by atoms with van der Waals surface area (Å²) < 4.78 is 12.1. The number of hydrogen-bond donors (Lipinski definition) is 1. The summed E-state index contributed by atoms with van der Waals surface area (Å²) in [5.74, 6) is 2.38. The second kappa shape index (κ2) is 9.72. The average molecular weight is 430 g/mol. The standard InChI is InChI=1S/C27H31N3O2/c1-30-22-11-12-23(30)16-26(15-22)31-25-9-5-6-20(14-25)17-28-18-21-10-13-27(29-19-21)32-24-7-3-2-4-8-24/h2-10,13-14,19,22-23,26,28H,11-12,15-18H2,1H3. The van der Waals surface area contributed by atoms with E-state index in [1.165, 1.54) is 18.4 Å². The number of aromatic nitrogens is 1. The molecule has 0 amide bonds. The number of nitrogens with zero attached hydrogens (tertiary/aromatic N) is 2. The van der Waals surface area contributed by atoms with E-state index >= 15 is 0 Å². The first-order valence-corrected chi connectivity index (χ1v) is 11.6. The average Bonchev–Trinajstić information content (AvgIpc) is 3.02. The molecule has 1 N–H and O–H groups in total. The van der Waals surface area contributed by atoms with Gasteiger partial charge in [0.05, 0.1) is 0 Å². The van der Waals surface area contributed by atoms with Crippen LogP contribution in [-0.4, -0.2) is 35.1 Å². The Hall–Kier alpha value is -2.89. The topological polar surface area (TPSA) is 46.6 Å². The zero-order chi connectivity index (χ0) is 21.8. The molecule has 2 aromatic carbocycles. The molecular formula is C27H31N3O2. The molecule has 1 aromatic heterocycles. The van der Waals surface area contributed by atoms with Crippen LogP contribution in [0.25, 0.3) is 0 Å². The van der Waals surface area contributed by atoms with Crippen molar-refractivity contribution < 1.29 is 9.47 Å². The number of nitrogens with one attached hydrogen (secondary N) is 1. The van der Waals surface area contributed by atoms with Crippen LogP contribution in [0.15, 0.2) is 72.9 Å². The van der Waals surface area contributed by atoms with E-state index < -0.39 is 0 Å². The quantitative estimate of drug-likeness (QED) is 0.535. The van der Waals surface area contributed by atoms with Crippen molar-refractivity contribution in [1.29, 1.82) is 0 Å². The predicted octanol–water partition coefficient (Wildman–Crippen LogP) is 5.17. The van der Waals surface area contributed by atoms with Gasteiger partial charge in [-0.15, -0.1) is 0 Å². The van der Waals surface area contributed by atoms with Crippen LogP contribution < -0.4 is 14.8 Å². The fourth-order valence-corrected chi connectivity index (χ4v) is 4.92. The molecule has 2 saturated heterocycles. The van der Waals surface area contributed by atoms with Gasteiger partial charge in [0.2, 0.25) is 5.88 Å². The van der Waals surface area contributed by atoms with E-state index in [2.05, 4.69) is 46.5 Å². The highest BCUT2D eigenvalue weighted by Crippen LogP contribution is 2.36. The van der Waals surface area contributed by atoms with Gasteiger partial charge in [0.15, 0.2) is 0 Å². The second-order valence-electron chi connectivity index (χ2n) is 8.93. The molecule has 0 spiro atoms. The van der Waals surface area contributed by atoms with Gasteiger partial charge in [-0.05, 0) is 68.1 Å². The Kier molecular flexibility index (Phi) is 6.37. The van der Waals surface area contributed by atoms with E-state index in [1.54, 1.807) is 0 Å². The second-order valence-corrected chi connectivity index (χ2v) is 8.93. The van der Waals surface area contributed by atoms with Crippen LogP contribution in [0.3, 0.4) is 0 Å². The lowest BCUT2D eigenvalue weighted by molar-refractivity contribution is 0.0661. The summed E-state index contributed by atoms with van der Waals surface area (Å²) in [6, 6.07) is 23.5. The molecular weight excluding hydrogens is 398 g/mol. The lowest BCUT2D eigenvalue weighted by atomic mass is 10.0. The Bertz CT molecular complexity index is 995. The maximum absolute atomic E-state index is 6.37. The van der Waals surface area contributed by atoms with Gasteiger partial charge in [-0.1, -0.05) is 36.4 Å². The van der Waals surface area contributed by atoms with E-state index in [4.69, 9.17) is 9.47 Å². The largest absolute Gasteiger partial charge is 0.490 e. The number of hydrogen-bond acceptors (Lipinski definition) is 5. The molecule has 5 rings (SSSR count). The number of piperidine rings is 1. The normalized spacial score (nSPS) is 22.6. The summed E-state index contributed by atoms with van der Waals surface area (Å²) in [6.07, 6.45) is 7.13. The van der Waals surface area contributed by atoms with Gasteiger partial charge in [0.1, 0.15) is 17.6 Å². The number of para-hydroxylation sites is 1. The molecule has 2 aliphatic rings. The summed E-state index contributed by atoms with van der Waals surface area (Å²) >= 11 is 0. The third kappa shape index (κ3) is 5.12. The first-order chi connectivity index (χ1) is 15.7. The van der Waals surface area contributed by atoms with Crippen LogP contribution in [0.5, 0.6) is 17.4 Å². The summed E-state index contributed by atoms with van der Waals surface area (Å²) in [4.78, 5) is 6.97. The molecule has 2 unspecified atom stereocenters. The van der Waals surface area contributed by atoms with Crippen LogP contribution in [0.2, 0.25) is 0 Å². The van der Waals surface area contributed by atoms with Gasteiger partial charge >= 0.3 is 0 Å². The molecule has 2 fully saturated rings. The summed E-state index contributed by atoms with van der Waals surface area (Å²) in [5, 5.41) is 3.50. The van der Waals surface area contributed by atoms with Crippen LogP contribution in [0.1, 0.15) is 36.8 Å². The van der Waals surface area contributed by atoms with E-state index in [9.17, 15) is 0 Å². The first-order valence-electron chi connectivity index (χ1n) is 11.6. The highest BCUT2D eigenvalue weighted by molar-refractivity contribution is 5.29. The maximum Gasteiger partial charge on any atom is 0.219 e. The third-order valence-corrected chi connectivity index (χ3v) is 6.68. The van der Waals surface area contributed by atoms with Crippen molar-refractivity contribution in [2.75, 3.05) is 7.05 Å². The van der Waals surface area contributed by atoms with Crippen LogP contribution >= 0.6 is 0 Å². The van der Waals surface area contributed by atoms with Gasteiger partial charge in [-0.25, -0.2) is 4.98 Å². The Morgan fingerprint density at radius 3 is 2.38 bits per heavy atom. The Balaban J connectivity index is 1.10. The van der Waals surface area contributed by atoms with E-state index in [0.717, 1.165) is 43.0 Å². The summed E-state index contributed by atoms with van der Waals surface area (Å²) in [6.45, 7) is 1.54. The van der Waals surface area contributed by atoms with E-state index in [1.807, 2.05) is 48.7 Å². The number of ether oxygens (including phenoxy) is 2. The fourth-order valence-electron chi connectivity index (χ4n) is 4.92. The molecule has 0 aliphatic carbocycles. The van der Waals surface area contributed by atoms with Crippen LogP contribution in [0.4, 0.5) is 0 Å². The highest BCUT2D eigenvalue weighted by atomic mass is 16.5. The van der Waals surface area contributed by atoms with Crippen molar-refractivity contribution in [2.45, 2.75) is 57.0 Å². The molecule has 0 saturated carbocycles. The minimum atomic E-state index is 0.342. The SMILES string of the molecule is CN1C2CCC1CC(Oc1cccc(CNCc3ccc(Oc4ccccc4)nc3)c1)C2. The molecule has 5 heteroatoms. The number of fused-ring (bicyclic) bond motifs is 2. The van der Waals surface area contributed by atoms with Crippen molar-refractivity contribution in [1.82, 2.24) is 15.2 Å². The van der Waals surface area contributed by atoms with Crippen molar-refractivity contribution >= 4 is 0 Å². The Morgan fingerprint density at radius 2 is 1.62 bits per heavy atom. The minimum absolute atomic E-state index is 0.342. The van der Waals surface area contributed by atoms with E-state index in [-0.39, 0.29) is 0 Å². The van der Waals surface area contributed by atoms with Gasteiger partial charge in [-0.2, -0.15) is 0 Å². The van der Waals surface area contributed by atoms with Crippen LogP contribution in [-0.2, 0) is 13.1 Å². The first kappa shape index (κ1) is 21.0. The van der Waals surface area contributed by atoms with Crippen LogP contribution in [0, 0.1) is 0 Å². The number of pyridine rings is 1. The minimum Gasteiger partial charge on any atom is -0.490 e. The molecule has 32 heavy (non-hydrogen) atoms. The Labute approximate surface area is 190 Å². The van der Waals surface area contributed by atoms with Gasteiger partial charge < -0.3 is 19.7 Å².